The van der Waals surface area contributed by atoms with Gasteiger partial charge in [-0.2, -0.15) is 0 Å². The van der Waals surface area contributed by atoms with Crippen LogP contribution in [-0.4, -0.2) is 41.4 Å². The molecule has 0 aromatic rings. The molecule has 0 saturated heterocycles. The molecule has 0 bridgehead atoms. The van der Waals surface area contributed by atoms with E-state index in [9.17, 15) is 4.79 Å². The maximum Gasteiger partial charge on any atom is 0.162 e. The summed E-state index contributed by atoms with van der Waals surface area (Å²) in [6.07, 6.45) is 9.70. The average molecular weight is 304 g/mol. The van der Waals surface area contributed by atoms with Crippen LogP contribution in [0.1, 0.15) is 72.1 Å². The number of hydrogen-bond donors (Lipinski definition) is 0. The Morgan fingerprint density at radius 2 is 1.86 bits per heavy atom. The largest absolute Gasteiger partial charge is 0.358 e. The van der Waals surface area contributed by atoms with Crippen LogP contribution in [0, 0.1) is 5.41 Å². The molecule has 1 aliphatic heterocycles. The van der Waals surface area contributed by atoms with Gasteiger partial charge in [-0.3, -0.25) is 9.69 Å². The molecule has 3 aliphatic rings. The number of allylic oxidation sites excluding steroid dienone is 1. The van der Waals surface area contributed by atoms with Crippen LogP contribution in [0.25, 0.3) is 0 Å². The third-order valence-corrected chi connectivity index (χ3v) is 5.61. The maximum atomic E-state index is 12.7. The Hall–Kier alpha value is -0.830. The number of rotatable bonds is 3. The fourth-order valence-corrected chi connectivity index (χ4v) is 4.55. The molecular weight excluding hydrogens is 272 g/mol. The number of Topliss-reactive ketones (excluding diaryl/α,β-unsaturated/α-hetero) is 1. The molecule has 1 saturated carbocycles. The van der Waals surface area contributed by atoms with Gasteiger partial charge in [-0.1, -0.05) is 40.0 Å². The van der Waals surface area contributed by atoms with E-state index in [1.165, 1.54) is 44.2 Å². The van der Waals surface area contributed by atoms with Crippen molar-refractivity contribution in [2.45, 2.75) is 78.2 Å². The molecule has 0 atom stereocenters. The van der Waals surface area contributed by atoms with Crippen molar-refractivity contribution in [1.82, 2.24) is 9.80 Å². The van der Waals surface area contributed by atoms with Gasteiger partial charge >= 0.3 is 0 Å². The normalized spacial score (nSPS) is 27.2. The number of nitrogens with zero attached hydrogens (tertiary/aromatic N) is 2. The molecule has 0 unspecified atom stereocenters. The van der Waals surface area contributed by atoms with Crippen LogP contribution in [0.5, 0.6) is 0 Å². The predicted octanol–water partition coefficient (Wildman–Crippen LogP) is 3.95. The lowest BCUT2D eigenvalue weighted by Gasteiger charge is -2.49. The summed E-state index contributed by atoms with van der Waals surface area (Å²) in [5.41, 5.74) is 2.68. The van der Waals surface area contributed by atoms with Crippen molar-refractivity contribution in [3.8, 4) is 0 Å². The number of ketones is 1. The van der Waals surface area contributed by atoms with Crippen molar-refractivity contribution in [3.63, 3.8) is 0 Å². The Balaban J connectivity index is 1.90. The first-order valence-corrected chi connectivity index (χ1v) is 9.24. The predicted molar refractivity (Wildman–Crippen MR) is 90.5 cm³/mol. The molecule has 1 heterocycles. The summed E-state index contributed by atoms with van der Waals surface area (Å²) in [5, 5.41) is 0. The van der Waals surface area contributed by atoms with Gasteiger partial charge in [0.15, 0.2) is 5.78 Å². The molecular formula is C19H32N2O. The summed E-state index contributed by atoms with van der Waals surface area (Å²) in [6.45, 7) is 9.79. The third kappa shape index (κ3) is 3.24. The molecule has 3 heteroatoms. The van der Waals surface area contributed by atoms with E-state index in [0.29, 0.717) is 11.8 Å². The van der Waals surface area contributed by atoms with Gasteiger partial charge in [0, 0.05) is 30.3 Å². The van der Waals surface area contributed by atoms with Crippen LogP contribution < -0.4 is 0 Å². The number of hydrogen-bond acceptors (Lipinski definition) is 3. The lowest BCUT2D eigenvalue weighted by Crippen LogP contribution is -2.52. The highest BCUT2D eigenvalue weighted by atomic mass is 16.1. The van der Waals surface area contributed by atoms with Crippen molar-refractivity contribution >= 4 is 5.78 Å². The second-order valence-corrected chi connectivity index (χ2v) is 8.32. The second-order valence-electron chi connectivity index (χ2n) is 8.32. The van der Waals surface area contributed by atoms with Gasteiger partial charge in [-0.15, -0.1) is 0 Å². The molecule has 2 aliphatic carbocycles. The lowest BCUT2D eigenvalue weighted by atomic mass is 9.74. The Morgan fingerprint density at radius 3 is 2.55 bits per heavy atom. The molecule has 3 nitrogen and oxygen atoms in total. The van der Waals surface area contributed by atoms with Crippen molar-refractivity contribution in [1.29, 1.82) is 0 Å². The van der Waals surface area contributed by atoms with E-state index < -0.39 is 0 Å². The maximum absolute atomic E-state index is 12.7. The molecule has 0 N–H and O–H groups in total. The number of carbonyl (C=O) groups excluding carboxylic acids is 1. The molecule has 0 amide bonds. The summed E-state index contributed by atoms with van der Waals surface area (Å²) in [6, 6.07) is 0.667. The molecule has 22 heavy (non-hydrogen) atoms. The SMILES string of the molecule is CCCN1CC2=C(CC(C)(C)CC2=O)N(C2CCCCC2)C1. The molecule has 1 fully saturated rings. The van der Waals surface area contributed by atoms with Crippen LogP contribution in [-0.2, 0) is 4.79 Å². The average Bonchev–Trinajstić information content (AvgIpc) is 2.48. The molecule has 0 spiro atoms. The minimum Gasteiger partial charge on any atom is -0.358 e. The zero-order chi connectivity index (χ0) is 15.7. The lowest BCUT2D eigenvalue weighted by molar-refractivity contribution is -0.119. The zero-order valence-electron chi connectivity index (χ0n) is 14.7. The van der Waals surface area contributed by atoms with Gasteiger partial charge in [-0.05, 0) is 37.6 Å². The first-order valence-electron chi connectivity index (χ1n) is 9.24. The first-order chi connectivity index (χ1) is 10.5. The summed E-state index contributed by atoms with van der Waals surface area (Å²) < 4.78 is 0. The monoisotopic (exact) mass is 304 g/mol. The van der Waals surface area contributed by atoms with Gasteiger partial charge in [0.25, 0.3) is 0 Å². The van der Waals surface area contributed by atoms with Crippen LogP contribution >= 0.6 is 0 Å². The highest BCUT2D eigenvalue weighted by Gasteiger charge is 2.40. The Morgan fingerprint density at radius 1 is 1.14 bits per heavy atom. The van der Waals surface area contributed by atoms with Crippen LogP contribution in [0.15, 0.2) is 11.3 Å². The van der Waals surface area contributed by atoms with E-state index in [1.807, 2.05) is 0 Å². The fraction of sp³-hybridized carbons (Fsp3) is 0.842. The molecule has 0 radical (unpaired) electrons. The van der Waals surface area contributed by atoms with E-state index in [1.54, 1.807) is 0 Å². The van der Waals surface area contributed by atoms with Crippen molar-refractivity contribution in [3.05, 3.63) is 11.3 Å². The van der Waals surface area contributed by atoms with Gasteiger partial charge in [0.2, 0.25) is 0 Å². The third-order valence-electron chi connectivity index (χ3n) is 5.61. The molecule has 0 aromatic carbocycles. The van der Waals surface area contributed by atoms with Crippen LogP contribution in [0.3, 0.4) is 0 Å². The van der Waals surface area contributed by atoms with E-state index >= 15 is 0 Å². The van der Waals surface area contributed by atoms with Gasteiger partial charge in [0.05, 0.1) is 6.67 Å². The standard InChI is InChI=1S/C19H32N2O/c1-4-10-20-13-16-17(11-19(2,3)12-18(16)22)21(14-20)15-8-6-5-7-9-15/h15H,4-14H2,1-3H3. The van der Waals surface area contributed by atoms with Gasteiger partial charge in [-0.25, -0.2) is 0 Å². The Bertz CT molecular complexity index is 460. The molecule has 124 valence electrons. The Kier molecular flexibility index (Phi) is 4.63. The summed E-state index contributed by atoms with van der Waals surface area (Å²) >= 11 is 0. The van der Waals surface area contributed by atoms with E-state index in [0.717, 1.165) is 38.2 Å². The minimum absolute atomic E-state index is 0.135. The smallest absolute Gasteiger partial charge is 0.162 e. The van der Waals surface area contributed by atoms with E-state index in [4.69, 9.17) is 0 Å². The Labute approximate surface area is 135 Å². The fourth-order valence-electron chi connectivity index (χ4n) is 4.55. The summed E-state index contributed by atoms with van der Waals surface area (Å²) in [4.78, 5) is 17.8. The van der Waals surface area contributed by atoms with Crippen molar-refractivity contribution < 1.29 is 4.79 Å². The van der Waals surface area contributed by atoms with E-state index in [2.05, 4.69) is 30.6 Å². The highest BCUT2D eigenvalue weighted by Crippen LogP contribution is 2.42. The first kappa shape index (κ1) is 16.0. The topological polar surface area (TPSA) is 23.6 Å². The van der Waals surface area contributed by atoms with Crippen molar-refractivity contribution in [2.75, 3.05) is 19.8 Å². The summed E-state index contributed by atoms with van der Waals surface area (Å²) in [5.74, 6) is 0.410. The zero-order valence-corrected chi connectivity index (χ0v) is 14.7. The van der Waals surface area contributed by atoms with Gasteiger partial charge < -0.3 is 4.90 Å². The van der Waals surface area contributed by atoms with Gasteiger partial charge in [0.1, 0.15) is 0 Å². The van der Waals surface area contributed by atoms with Crippen LogP contribution in [0.2, 0.25) is 0 Å². The number of carbonyl (C=O) groups is 1. The molecule has 0 aromatic heterocycles. The quantitative estimate of drug-likeness (QED) is 0.789. The second kappa shape index (κ2) is 6.35. The van der Waals surface area contributed by atoms with E-state index in [-0.39, 0.29) is 5.41 Å². The molecule has 3 rings (SSSR count). The minimum atomic E-state index is 0.135. The van der Waals surface area contributed by atoms with Crippen molar-refractivity contribution in [2.24, 2.45) is 5.41 Å². The highest BCUT2D eigenvalue weighted by molar-refractivity contribution is 5.98. The summed E-state index contributed by atoms with van der Waals surface area (Å²) in [7, 11) is 0. The van der Waals surface area contributed by atoms with Crippen LogP contribution in [0.4, 0.5) is 0 Å².